The minimum absolute atomic E-state index is 0.0575. The average molecular weight is 498 g/mol. The van der Waals surface area contributed by atoms with Gasteiger partial charge in [0.1, 0.15) is 22.6 Å². The van der Waals surface area contributed by atoms with Crippen molar-refractivity contribution in [3.8, 4) is 28.8 Å². The predicted octanol–water partition coefficient (Wildman–Crippen LogP) is 4.81. The molecule has 0 aliphatic heterocycles. The van der Waals surface area contributed by atoms with Crippen molar-refractivity contribution >= 4 is 40.9 Å². The van der Waals surface area contributed by atoms with Crippen LogP contribution in [0.1, 0.15) is 15.9 Å². The number of nitriles is 1. The van der Waals surface area contributed by atoms with Gasteiger partial charge in [-0.05, 0) is 42.5 Å². The normalized spacial score (nSPS) is 10.2. The Kier molecular flexibility index (Phi) is 8.35. The number of anilines is 1. The zero-order valence-corrected chi connectivity index (χ0v) is 20.1. The van der Waals surface area contributed by atoms with Gasteiger partial charge >= 0.3 is 5.97 Å². The van der Waals surface area contributed by atoms with Crippen molar-refractivity contribution in [3.63, 3.8) is 0 Å². The molecule has 174 valence electrons. The summed E-state index contributed by atoms with van der Waals surface area (Å²) in [5.74, 6) is 0.122. The number of esters is 1. The fourth-order valence-electron chi connectivity index (χ4n) is 3.02. The minimum Gasteiger partial charge on any atom is -0.497 e. The first-order valence-electron chi connectivity index (χ1n) is 9.84. The summed E-state index contributed by atoms with van der Waals surface area (Å²) >= 11 is 7.10. The fourth-order valence-corrected chi connectivity index (χ4v) is 3.97. The summed E-state index contributed by atoms with van der Waals surface area (Å²) in [7, 11) is 4.35. The second-order valence-electron chi connectivity index (χ2n) is 6.75. The van der Waals surface area contributed by atoms with Crippen molar-refractivity contribution in [1.82, 2.24) is 4.98 Å². The summed E-state index contributed by atoms with van der Waals surface area (Å²) in [6.45, 7) is 0. The van der Waals surface area contributed by atoms with Gasteiger partial charge in [-0.3, -0.25) is 4.79 Å². The molecular formula is C24H20ClN3O5S. The van der Waals surface area contributed by atoms with Crippen molar-refractivity contribution in [3.05, 3.63) is 64.7 Å². The van der Waals surface area contributed by atoms with E-state index >= 15 is 0 Å². The molecule has 0 bridgehead atoms. The van der Waals surface area contributed by atoms with Crippen LogP contribution in [0.15, 0.2) is 53.6 Å². The fraction of sp³-hybridized carbons (Fsp3) is 0.167. The van der Waals surface area contributed by atoms with Crippen LogP contribution in [0.4, 0.5) is 5.69 Å². The summed E-state index contributed by atoms with van der Waals surface area (Å²) in [4.78, 5) is 29.2. The molecule has 0 spiro atoms. The van der Waals surface area contributed by atoms with E-state index in [2.05, 4.69) is 16.4 Å². The lowest BCUT2D eigenvalue weighted by atomic mass is 10.1. The number of thioether (sulfide) groups is 1. The molecule has 2 aromatic carbocycles. The largest absolute Gasteiger partial charge is 0.497 e. The van der Waals surface area contributed by atoms with E-state index in [4.69, 9.17) is 25.8 Å². The Morgan fingerprint density at radius 3 is 2.56 bits per heavy atom. The number of carbonyl (C=O) groups is 2. The number of ether oxygens (including phenoxy) is 3. The molecular weight excluding hydrogens is 478 g/mol. The van der Waals surface area contributed by atoms with Crippen LogP contribution in [0.3, 0.4) is 0 Å². The van der Waals surface area contributed by atoms with Crippen molar-refractivity contribution < 1.29 is 23.8 Å². The Labute approximate surface area is 205 Å². The molecule has 0 atom stereocenters. The molecule has 0 saturated heterocycles. The number of hydrogen-bond donors (Lipinski definition) is 1. The molecule has 8 nitrogen and oxygen atoms in total. The van der Waals surface area contributed by atoms with Crippen LogP contribution in [-0.4, -0.2) is 43.9 Å². The lowest BCUT2D eigenvalue weighted by Gasteiger charge is -2.12. The first-order valence-corrected chi connectivity index (χ1v) is 11.2. The van der Waals surface area contributed by atoms with Gasteiger partial charge < -0.3 is 19.5 Å². The third kappa shape index (κ3) is 5.78. The van der Waals surface area contributed by atoms with Crippen LogP contribution in [-0.2, 0) is 9.53 Å². The van der Waals surface area contributed by atoms with Crippen molar-refractivity contribution in [2.24, 2.45) is 0 Å². The Hall–Kier alpha value is -3.74. The molecule has 0 saturated carbocycles. The summed E-state index contributed by atoms with van der Waals surface area (Å²) in [5.41, 5.74) is 2.02. The molecule has 1 aromatic heterocycles. The number of nitrogens with one attached hydrogen (secondary N) is 1. The monoisotopic (exact) mass is 497 g/mol. The van der Waals surface area contributed by atoms with E-state index in [9.17, 15) is 14.9 Å². The third-order valence-corrected chi connectivity index (χ3v) is 5.89. The smallest absolute Gasteiger partial charge is 0.339 e. The number of rotatable bonds is 8. The number of carbonyl (C=O) groups excluding carboxylic acids is 2. The van der Waals surface area contributed by atoms with Gasteiger partial charge in [-0.2, -0.15) is 5.26 Å². The second kappa shape index (κ2) is 11.4. The van der Waals surface area contributed by atoms with E-state index in [1.807, 2.05) is 0 Å². The number of nitrogens with zero attached hydrogens (tertiary/aromatic N) is 2. The number of halogens is 1. The van der Waals surface area contributed by atoms with E-state index < -0.39 is 11.9 Å². The van der Waals surface area contributed by atoms with Crippen molar-refractivity contribution in [1.29, 1.82) is 5.26 Å². The van der Waals surface area contributed by atoms with Crippen LogP contribution < -0.4 is 14.8 Å². The highest BCUT2D eigenvalue weighted by molar-refractivity contribution is 8.00. The van der Waals surface area contributed by atoms with Crippen LogP contribution >= 0.6 is 23.4 Å². The molecule has 0 radical (unpaired) electrons. The number of aromatic nitrogens is 1. The topological polar surface area (TPSA) is 111 Å². The van der Waals surface area contributed by atoms with E-state index in [0.717, 1.165) is 11.8 Å². The molecule has 1 heterocycles. The Balaban J connectivity index is 1.82. The number of benzene rings is 2. The predicted molar refractivity (Wildman–Crippen MR) is 130 cm³/mol. The van der Waals surface area contributed by atoms with Gasteiger partial charge in [0.05, 0.1) is 49.6 Å². The minimum atomic E-state index is -0.603. The highest BCUT2D eigenvalue weighted by Crippen LogP contribution is 2.34. The zero-order chi connectivity index (χ0) is 24.7. The summed E-state index contributed by atoms with van der Waals surface area (Å²) in [5, 5.41) is 12.9. The molecule has 0 aliphatic rings. The number of pyridine rings is 1. The molecule has 0 unspecified atom stereocenters. The maximum Gasteiger partial charge on any atom is 0.339 e. The van der Waals surface area contributed by atoms with Crippen LogP contribution in [0.2, 0.25) is 5.02 Å². The maximum absolute atomic E-state index is 12.6. The molecule has 10 heteroatoms. The van der Waals surface area contributed by atoms with Crippen LogP contribution in [0.25, 0.3) is 11.3 Å². The number of methoxy groups -OCH3 is 3. The molecule has 3 aromatic rings. The van der Waals surface area contributed by atoms with Crippen molar-refractivity contribution in [2.45, 2.75) is 5.03 Å². The molecule has 0 aliphatic carbocycles. The van der Waals surface area contributed by atoms with E-state index in [-0.39, 0.29) is 17.0 Å². The molecule has 0 fully saturated rings. The zero-order valence-electron chi connectivity index (χ0n) is 18.5. The average Bonchev–Trinajstić information content (AvgIpc) is 2.86. The summed E-state index contributed by atoms with van der Waals surface area (Å²) < 4.78 is 15.4. The molecule has 1 amide bonds. The Morgan fingerprint density at radius 2 is 1.88 bits per heavy atom. The van der Waals surface area contributed by atoms with Crippen LogP contribution in [0, 0.1) is 11.3 Å². The quantitative estimate of drug-likeness (QED) is 0.348. The highest BCUT2D eigenvalue weighted by atomic mass is 35.5. The summed E-state index contributed by atoms with van der Waals surface area (Å²) in [6.07, 6.45) is 0. The second-order valence-corrected chi connectivity index (χ2v) is 8.15. The lowest BCUT2D eigenvalue weighted by molar-refractivity contribution is -0.113. The van der Waals surface area contributed by atoms with Gasteiger partial charge in [-0.25, -0.2) is 9.78 Å². The SMILES string of the molecule is COC(=O)c1ccc(Cl)cc1NC(=O)CSc1nc(-c2ccc(OC)cc2OC)ccc1C#N. The molecule has 3 rings (SSSR count). The highest BCUT2D eigenvalue weighted by Gasteiger charge is 2.17. The van der Waals surface area contributed by atoms with Gasteiger partial charge in [0.15, 0.2) is 0 Å². The Bertz CT molecular complexity index is 1280. The lowest BCUT2D eigenvalue weighted by Crippen LogP contribution is -2.17. The first-order chi connectivity index (χ1) is 16.4. The van der Waals surface area contributed by atoms with Crippen molar-refractivity contribution in [2.75, 3.05) is 32.4 Å². The standard InChI is InChI=1S/C24H20ClN3O5S/c1-31-16-6-8-17(21(11-16)32-2)19-9-4-14(12-26)23(28-19)34-13-22(29)27-20-10-15(25)5-7-18(20)24(30)33-3/h4-11H,13H2,1-3H3,(H,27,29). The van der Waals surface area contributed by atoms with Gasteiger partial charge in [0, 0.05) is 16.7 Å². The van der Waals surface area contributed by atoms with Gasteiger partial charge in [0.2, 0.25) is 5.91 Å². The molecule has 34 heavy (non-hydrogen) atoms. The van der Waals surface area contributed by atoms with E-state index in [0.29, 0.717) is 38.4 Å². The maximum atomic E-state index is 12.6. The Morgan fingerprint density at radius 1 is 1.09 bits per heavy atom. The molecule has 1 N–H and O–H groups in total. The van der Waals surface area contributed by atoms with E-state index in [1.165, 1.54) is 25.3 Å². The first kappa shape index (κ1) is 24.9. The number of hydrogen-bond acceptors (Lipinski definition) is 8. The van der Waals surface area contributed by atoms with Gasteiger partial charge in [-0.1, -0.05) is 23.4 Å². The number of amides is 1. The van der Waals surface area contributed by atoms with Gasteiger partial charge in [0.25, 0.3) is 0 Å². The van der Waals surface area contributed by atoms with Gasteiger partial charge in [-0.15, -0.1) is 0 Å². The van der Waals surface area contributed by atoms with Crippen LogP contribution in [0.5, 0.6) is 11.5 Å². The summed E-state index contributed by atoms with van der Waals surface area (Å²) in [6, 6.07) is 15.2. The third-order valence-electron chi connectivity index (χ3n) is 4.67. The van der Waals surface area contributed by atoms with E-state index in [1.54, 1.807) is 44.6 Å².